The molecule has 4 aromatic carbocycles. The number of carbonyl (C=O) groups is 2. The maximum atomic E-state index is 14.2. The molecule has 0 fully saturated rings. The molecule has 0 aliphatic carbocycles. The second kappa shape index (κ2) is 10.3. The number of carbonyl (C=O) groups excluding carboxylic acids is 2. The summed E-state index contributed by atoms with van der Waals surface area (Å²) < 4.78 is 49.7. The third-order valence-corrected chi connectivity index (χ3v) is 6.84. The van der Waals surface area contributed by atoms with Crippen LogP contribution in [0.1, 0.15) is 35.3 Å². The summed E-state index contributed by atoms with van der Waals surface area (Å²) in [6.07, 6.45) is -6.57. The van der Waals surface area contributed by atoms with E-state index in [-0.39, 0.29) is 12.5 Å². The van der Waals surface area contributed by atoms with Gasteiger partial charge in [0.05, 0.1) is 11.3 Å². The monoisotopic (exact) mass is 531 g/mol. The van der Waals surface area contributed by atoms with Crippen molar-refractivity contribution in [3.8, 4) is 0 Å². The van der Waals surface area contributed by atoms with E-state index in [0.717, 1.165) is 12.1 Å². The summed E-state index contributed by atoms with van der Waals surface area (Å²) in [4.78, 5) is 28.7. The molecule has 1 heterocycles. The number of fused-ring (bicyclic) bond motifs is 1. The van der Waals surface area contributed by atoms with Crippen molar-refractivity contribution in [3.05, 3.63) is 131 Å². The Kier molecular flexibility index (Phi) is 6.87. The zero-order chi connectivity index (χ0) is 27.6. The fourth-order valence-electron chi connectivity index (χ4n) is 4.86. The second-order valence-electron chi connectivity index (χ2n) is 9.34. The van der Waals surface area contributed by atoms with E-state index in [4.69, 9.17) is 9.47 Å². The number of rotatable bonds is 6. The molecule has 198 valence electrons. The minimum atomic E-state index is -4.46. The van der Waals surface area contributed by atoms with Crippen LogP contribution in [0.3, 0.4) is 0 Å². The Balaban J connectivity index is 1.45. The minimum Gasteiger partial charge on any atom is -0.429 e. The number of alkyl halides is 3. The fraction of sp³-hybridized carbons (Fsp3) is 0.161. The first-order chi connectivity index (χ1) is 18.7. The van der Waals surface area contributed by atoms with Crippen LogP contribution in [0.4, 0.5) is 29.3 Å². The largest absolute Gasteiger partial charge is 0.509 e. The standard InChI is InChI=1S/C31H24F3NO4/c1-30(25-14-8-9-15-26(25)35(28(30)36)24-12-6-3-7-13-24)27(22-10-4-2-5-11-22)39-29(37)38-20-21-16-18-23(19-17-21)31(32,33)34/h2-19,27H,20H2,1H3/t27-,30+/m0/s1. The smallest absolute Gasteiger partial charge is 0.429 e. The Bertz CT molecular complexity index is 1470. The summed E-state index contributed by atoms with van der Waals surface area (Å²) in [5, 5.41) is 0. The molecule has 1 aliphatic rings. The van der Waals surface area contributed by atoms with Crippen molar-refractivity contribution in [1.29, 1.82) is 0 Å². The van der Waals surface area contributed by atoms with Crippen LogP contribution in [0.15, 0.2) is 109 Å². The number of hydrogen-bond donors (Lipinski definition) is 0. The Morgan fingerprint density at radius 1 is 0.846 bits per heavy atom. The average Bonchev–Trinajstić information content (AvgIpc) is 3.18. The Morgan fingerprint density at radius 2 is 1.44 bits per heavy atom. The summed E-state index contributed by atoms with van der Waals surface area (Å²) in [6.45, 7) is 1.44. The van der Waals surface area contributed by atoms with Gasteiger partial charge in [-0.15, -0.1) is 0 Å². The molecule has 4 aromatic rings. The van der Waals surface area contributed by atoms with E-state index in [0.29, 0.717) is 28.1 Å². The number of amides is 1. The first kappa shape index (κ1) is 26.0. The number of halogens is 3. The van der Waals surface area contributed by atoms with Crippen LogP contribution in [-0.4, -0.2) is 12.1 Å². The van der Waals surface area contributed by atoms with Crippen LogP contribution in [0.2, 0.25) is 0 Å². The van der Waals surface area contributed by atoms with E-state index < -0.39 is 29.4 Å². The van der Waals surface area contributed by atoms with Crippen molar-refractivity contribution in [1.82, 2.24) is 0 Å². The van der Waals surface area contributed by atoms with Gasteiger partial charge in [0.1, 0.15) is 18.1 Å². The predicted octanol–water partition coefficient (Wildman–Crippen LogP) is 7.74. The van der Waals surface area contributed by atoms with Gasteiger partial charge in [-0.05, 0) is 53.9 Å². The lowest BCUT2D eigenvalue weighted by molar-refractivity contribution is -0.137. The first-order valence-corrected chi connectivity index (χ1v) is 12.2. The van der Waals surface area contributed by atoms with Crippen molar-refractivity contribution >= 4 is 23.4 Å². The summed E-state index contributed by atoms with van der Waals surface area (Å²) in [7, 11) is 0. The zero-order valence-corrected chi connectivity index (χ0v) is 20.9. The van der Waals surface area contributed by atoms with Crippen molar-refractivity contribution in [2.75, 3.05) is 4.90 Å². The minimum absolute atomic E-state index is 0.278. The SMILES string of the molecule is C[C@@]1([C@@H](OC(=O)OCc2ccc(C(F)(F)F)cc2)c2ccccc2)C(=O)N(c2ccccc2)c2ccccc21. The topological polar surface area (TPSA) is 55.8 Å². The number of ether oxygens (including phenoxy) is 2. The van der Waals surface area contributed by atoms with E-state index in [1.54, 1.807) is 36.1 Å². The predicted molar refractivity (Wildman–Crippen MR) is 139 cm³/mol. The number of nitrogens with zero attached hydrogens (tertiary/aromatic N) is 1. The van der Waals surface area contributed by atoms with E-state index in [9.17, 15) is 22.8 Å². The van der Waals surface area contributed by atoms with E-state index >= 15 is 0 Å². The fourth-order valence-corrected chi connectivity index (χ4v) is 4.86. The molecule has 2 atom stereocenters. The van der Waals surface area contributed by atoms with Crippen LogP contribution in [0.5, 0.6) is 0 Å². The second-order valence-corrected chi connectivity index (χ2v) is 9.34. The zero-order valence-electron chi connectivity index (χ0n) is 20.9. The van der Waals surface area contributed by atoms with Gasteiger partial charge in [-0.1, -0.05) is 78.9 Å². The van der Waals surface area contributed by atoms with Gasteiger partial charge in [0.15, 0.2) is 0 Å². The quantitative estimate of drug-likeness (QED) is 0.239. The average molecular weight is 532 g/mol. The molecule has 0 saturated heterocycles. The molecular formula is C31H24F3NO4. The number of benzene rings is 4. The van der Waals surface area contributed by atoms with Crippen molar-refractivity contribution < 1.29 is 32.2 Å². The van der Waals surface area contributed by atoms with Crippen LogP contribution < -0.4 is 4.90 Å². The van der Waals surface area contributed by atoms with Crippen molar-refractivity contribution in [2.45, 2.75) is 31.2 Å². The number of para-hydroxylation sites is 2. The molecule has 1 amide bonds. The third kappa shape index (κ3) is 4.97. The highest BCUT2D eigenvalue weighted by Crippen LogP contribution is 2.52. The van der Waals surface area contributed by atoms with E-state index in [2.05, 4.69) is 0 Å². The Hall–Kier alpha value is -4.59. The first-order valence-electron chi connectivity index (χ1n) is 12.2. The van der Waals surface area contributed by atoms with Crippen LogP contribution in [0.25, 0.3) is 0 Å². The third-order valence-electron chi connectivity index (χ3n) is 6.84. The summed E-state index contributed by atoms with van der Waals surface area (Å²) >= 11 is 0. The molecular weight excluding hydrogens is 507 g/mol. The molecule has 0 unspecified atom stereocenters. The molecule has 39 heavy (non-hydrogen) atoms. The lowest BCUT2D eigenvalue weighted by Gasteiger charge is -2.33. The number of anilines is 2. The van der Waals surface area contributed by atoms with Gasteiger partial charge in [-0.2, -0.15) is 13.2 Å². The lowest BCUT2D eigenvalue weighted by atomic mass is 9.75. The normalized spacial score (nSPS) is 17.4. The van der Waals surface area contributed by atoms with Crippen LogP contribution >= 0.6 is 0 Å². The summed E-state index contributed by atoms with van der Waals surface area (Å²) in [5.74, 6) is -0.278. The molecule has 0 bridgehead atoms. The molecule has 8 heteroatoms. The van der Waals surface area contributed by atoms with Gasteiger partial charge in [-0.25, -0.2) is 4.79 Å². The highest BCUT2D eigenvalue weighted by molar-refractivity contribution is 6.13. The van der Waals surface area contributed by atoms with Gasteiger partial charge < -0.3 is 9.47 Å². The van der Waals surface area contributed by atoms with Crippen LogP contribution in [-0.2, 0) is 32.5 Å². The van der Waals surface area contributed by atoms with Gasteiger partial charge in [-0.3, -0.25) is 9.69 Å². The molecule has 0 radical (unpaired) electrons. The highest BCUT2D eigenvalue weighted by atomic mass is 19.4. The lowest BCUT2D eigenvalue weighted by Crippen LogP contribution is -2.42. The van der Waals surface area contributed by atoms with E-state index in [1.807, 2.05) is 60.7 Å². The summed E-state index contributed by atoms with van der Waals surface area (Å²) in [6, 6.07) is 29.8. The molecule has 1 aliphatic heterocycles. The van der Waals surface area contributed by atoms with Crippen molar-refractivity contribution in [3.63, 3.8) is 0 Å². The molecule has 0 N–H and O–H groups in total. The summed E-state index contributed by atoms with van der Waals surface area (Å²) in [5.41, 5.74) is 0.885. The van der Waals surface area contributed by atoms with E-state index in [1.165, 1.54) is 12.1 Å². The molecule has 5 rings (SSSR count). The maximum Gasteiger partial charge on any atom is 0.509 e. The Labute approximate surface area is 223 Å². The maximum absolute atomic E-state index is 14.2. The molecule has 5 nitrogen and oxygen atoms in total. The van der Waals surface area contributed by atoms with Crippen molar-refractivity contribution in [2.24, 2.45) is 0 Å². The highest BCUT2D eigenvalue weighted by Gasteiger charge is 2.55. The van der Waals surface area contributed by atoms with Gasteiger partial charge in [0.2, 0.25) is 5.91 Å². The van der Waals surface area contributed by atoms with Gasteiger partial charge in [0, 0.05) is 5.69 Å². The van der Waals surface area contributed by atoms with Gasteiger partial charge in [0.25, 0.3) is 0 Å². The molecule has 0 saturated carbocycles. The molecule has 0 aromatic heterocycles. The van der Waals surface area contributed by atoms with Gasteiger partial charge >= 0.3 is 12.3 Å². The number of hydrogen-bond acceptors (Lipinski definition) is 4. The Morgan fingerprint density at radius 3 is 2.08 bits per heavy atom. The van der Waals surface area contributed by atoms with Crippen LogP contribution in [0, 0.1) is 0 Å². The molecule has 0 spiro atoms.